The van der Waals surface area contributed by atoms with Gasteiger partial charge in [-0.05, 0) is 113 Å². The van der Waals surface area contributed by atoms with E-state index < -0.39 is 0 Å². The summed E-state index contributed by atoms with van der Waals surface area (Å²) < 4.78 is 24.1. The maximum absolute atomic E-state index is 6.05. The second kappa shape index (κ2) is 23.6. The number of fused-ring (bicyclic) bond motifs is 12. The van der Waals surface area contributed by atoms with Crippen LogP contribution in [0.1, 0.15) is 49.9 Å². The van der Waals surface area contributed by atoms with Gasteiger partial charge in [-0.15, -0.1) is 0 Å². The van der Waals surface area contributed by atoms with E-state index in [1.165, 1.54) is 44.5 Å². The van der Waals surface area contributed by atoms with Crippen molar-refractivity contribution < 1.29 is 17.7 Å². The average Bonchev–Trinajstić information content (AvgIpc) is 3.44. The van der Waals surface area contributed by atoms with E-state index in [0.717, 1.165) is 130 Å². The first-order valence-corrected chi connectivity index (χ1v) is 28.9. The lowest BCUT2D eigenvalue weighted by Gasteiger charge is -2.04. The summed E-state index contributed by atoms with van der Waals surface area (Å²) in [6, 6.07) is 71.6. The van der Waals surface area contributed by atoms with Crippen LogP contribution in [-0.2, 0) is 25.7 Å². The number of hydrogen-bond donors (Lipinski definition) is 0. The molecule has 8 heterocycles. The van der Waals surface area contributed by atoms with Gasteiger partial charge in [0.15, 0.2) is 11.2 Å². The van der Waals surface area contributed by atoms with Gasteiger partial charge in [0.25, 0.3) is 0 Å². The van der Waals surface area contributed by atoms with Gasteiger partial charge < -0.3 is 17.7 Å². The summed E-state index contributed by atoms with van der Waals surface area (Å²) in [5, 5.41) is 7.71. The maximum atomic E-state index is 6.05. The van der Waals surface area contributed by atoms with E-state index in [0.29, 0.717) is 5.71 Å². The number of benzene rings is 8. The van der Waals surface area contributed by atoms with E-state index in [4.69, 9.17) is 17.7 Å². The van der Waals surface area contributed by atoms with Crippen LogP contribution in [0.3, 0.4) is 0 Å². The van der Waals surface area contributed by atoms with Gasteiger partial charge in [0, 0.05) is 90.9 Å². The minimum Gasteiger partial charge on any atom is -0.455 e. The number of para-hydroxylation sites is 4. The third-order valence-corrected chi connectivity index (χ3v) is 15.8. The fourth-order valence-corrected chi connectivity index (χ4v) is 11.1. The van der Waals surface area contributed by atoms with Crippen LogP contribution in [0.5, 0.6) is 0 Å². The molecular formula is C76H60N4O4. The van der Waals surface area contributed by atoms with Gasteiger partial charge in [-0.2, -0.15) is 0 Å². The summed E-state index contributed by atoms with van der Waals surface area (Å²) in [7, 11) is 0. The number of furan rings is 4. The monoisotopic (exact) mass is 1090 g/mol. The van der Waals surface area contributed by atoms with Gasteiger partial charge in [-0.1, -0.05) is 191 Å². The lowest BCUT2D eigenvalue weighted by atomic mass is 10.0. The molecule has 0 aliphatic heterocycles. The highest BCUT2D eigenvalue weighted by Crippen LogP contribution is 2.39. The Morgan fingerprint density at radius 2 is 0.667 bits per heavy atom. The Morgan fingerprint density at radius 3 is 1.19 bits per heavy atom. The number of nitrogens with zero attached hydrogens (tertiary/aromatic N) is 4. The van der Waals surface area contributed by atoms with Gasteiger partial charge in [-0.3, -0.25) is 15.0 Å². The van der Waals surface area contributed by atoms with Crippen LogP contribution in [0.25, 0.3) is 133 Å². The highest BCUT2D eigenvalue weighted by molar-refractivity contribution is 6.11. The number of rotatable bonds is 8. The minimum atomic E-state index is 0.699. The number of aromatic nitrogens is 4. The second-order valence-electron chi connectivity index (χ2n) is 20.8. The molecule has 0 fully saturated rings. The zero-order valence-corrected chi connectivity index (χ0v) is 47.3. The predicted octanol–water partition coefficient (Wildman–Crippen LogP) is 20.8. The van der Waals surface area contributed by atoms with Gasteiger partial charge in [-0.25, -0.2) is 4.98 Å². The van der Waals surface area contributed by atoms with Crippen molar-refractivity contribution in [1.82, 2.24) is 19.9 Å². The third-order valence-electron chi connectivity index (χ3n) is 15.8. The highest BCUT2D eigenvalue weighted by Gasteiger charge is 2.16. The highest BCUT2D eigenvalue weighted by atomic mass is 16.3. The fourth-order valence-electron chi connectivity index (χ4n) is 11.1. The molecule has 0 spiro atoms. The molecule has 0 amide bonds. The normalized spacial score (nSPS) is 11.3. The molecule has 8 heteroatoms. The summed E-state index contributed by atoms with van der Waals surface area (Å²) in [6.45, 7) is 8.67. The summed E-state index contributed by atoms with van der Waals surface area (Å²) >= 11 is 0. The average molecular weight is 1090 g/mol. The molecule has 0 N–H and O–H groups in total. The van der Waals surface area contributed by atoms with E-state index in [1.807, 2.05) is 36.5 Å². The molecule has 0 unspecified atom stereocenters. The summed E-state index contributed by atoms with van der Waals surface area (Å²) in [6.07, 6.45) is 15.0. The van der Waals surface area contributed by atoms with Gasteiger partial charge >= 0.3 is 0 Å². The summed E-state index contributed by atoms with van der Waals surface area (Å²) in [5.41, 5.74) is 22.5. The van der Waals surface area contributed by atoms with Crippen LogP contribution in [0.2, 0.25) is 0 Å². The number of pyridine rings is 4. The van der Waals surface area contributed by atoms with Crippen molar-refractivity contribution in [3.05, 3.63) is 266 Å². The fraction of sp³-hybridized carbons (Fsp3) is 0.105. The largest absolute Gasteiger partial charge is 0.455 e. The predicted molar refractivity (Wildman–Crippen MR) is 345 cm³/mol. The lowest BCUT2D eigenvalue weighted by Crippen LogP contribution is -1.82. The SMILES string of the molecule is CCc1ccc(-c2cccc3c2oc2cccnc23)cc1.CCc1ccc(-c2cccc3c2oc2ccncc23)cc1.CCc1ccc(-c2cccc3c2oc2cnccc23)cc1.CCc1ccc(-c2cccc3c2oc2ncccc23)cc1. The van der Waals surface area contributed by atoms with Crippen LogP contribution in [0.15, 0.2) is 261 Å². The van der Waals surface area contributed by atoms with Crippen molar-refractivity contribution in [1.29, 1.82) is 0 Å². The van der Waals surface area contributed by atoms with E-state index in [2.05, 4.69) is 224 Å². The molecule has 0 saturated carbocycles. The van der Waals surface area contributed by atoms with E-state index in [9.17, 15) is 0 Å². The van der Waals surface area contributed by atoms with Crippen molar-refractivity contribution in [3.8, 4) is 44.5 Å². The molecular weight excluding hydrogens is 1030 g/mol. The van der Waals surface area contributed by atoms with Crippen LogP contribution >= 0.6 is 0 Å². The smallest absolute Gasteiger partial charge is 0.227 e. The third kappa shape index (κ3) is 10.3. The van der Waals surface area contributed by atoms with E-state index in [1.54, 1.807) is 31.0 Å². The van der Waals surface area contributed by atoms with Crippen LogP contribution in [0, 0.1) is 0 Å². The Hall–Kier alpha value is -10.4. The van der Waals surface area contributed by atoms with Crippen molar-refractivity contribution in [2.75, 3.05) is 0 Å². The topological polar surface area (TPSA) is 104 Å². The molecule has 0 atom stereocenters. The molecule has 8 aromatic heterocycles. The molecule has 16 aromatic rings. The van der Waals surface area contributed by atoms with Crippen molar-refractivity contribution in [3.63, 3.8) is 0 Å². The summed E-state index contributed by atoms with van der Waals surface area (Å²) in [5.74, 6) is 0. The van der Waals surface area contributed by atoms with Crippen molar-refractivity contribution >= 4 is 88.0 Å². The number of hydrogen-bond acceptors (Lipinski definition) is 8. The van der Waals surface area contributed by atoms with E-state index >= 15 is 0 Å². The summed E-state index contributed by atoms with van der Waals surface area (Å²) in [4.78, 5) is 17.1. The number of aryl methyl sites for hydroxylation is 4. The van der Waals surface area contributed by atoms with Crippen LogP contribution < -0.4 is 0 Å². The van der Waals surface area contributed by atoms with Gasteiger partial charge in [0.2, 0.25) is 5.71 Å². The molecule has 8 aromatic carbocycles. The standard InChI is InChI=1S/4C19H15NO/c1-2-13-8-10-14(11-9-13)15-5-3-6-16-18-17(21-19(15)16)7-4-12-20-18;1-2-13-8-10-14(11-9-13)15-5-3-6-16-17-7-4-12-20-19(17)21-18(15)16;1-2-13-6-8-14(9-7-13)15-4-3-5-17-16-10-11-20-12-18(16)21-19(15)17;1-2-13-6-8-14(9-7-13)15-4-3-5-16-17-12-20-11-10-18(17)21-19(15)16/h4*3-12H,2H2,1H3. The zero-order chi connectivity index (χ0) is 56.9. The molecule has 0 aliphatic carbocycles. The van der Waals surface area contributed by atoms with Crippen molar-refractivity contribution in [2.24, 2.45) is 0 Å². The Morgan fingerprint density at radius 1 is 0.274 bits per heavy atom. The molecule has 84 heavy (non-hydrogen) atoms. The maximum Gasteiger partial charge on any atom is 0.227 e. The minimum absolute atomic E-state index is 0.699. The first kappa shape index (κ1) is 52.9. The first-order chi connectivity index (χ1) is 41.5. The Kier molecular flexibility index (Phi) is 14.8. The molecule has 0 aliphatic rings. The zero-order valence-electron chi connectivity index (χ0n) is 47.3. The van der Waals surface area contributed by atoms with Crippen LogP contribution in [0.4, 0.5) is 0 Å². The van der Waals surface area contributed by atoms with Crippen LogP contribution in [-0.4, -0.2) is 19.9 Å². The van der Waals surface area contributed by atoms with E-state index in [-0.39, 0.29) is 0 Å². The lowest BCUT2D eigenvalue weighted by molar-refractivity contribution is 0.655. The molecule has 0 radical (unpaired) electrons. The molecule has 0 bridgehead atoms. The van der Waals surface area contributed by atoms with Gasteiger partial charge in [0.1, 0.15) is 33.4 Å². The van der Waals surface area contributed by atoms with Gasteiger partial charge in [0.05, 0.1) is 6.20 Å². The Balaban J connectivity index is 0.000000104. The quantitative estimate of drug-likeness (QED) is 0.148. The molecule has 0 saturated heterocycles. The second-order valence-corrected chi connectivity index (χ2v) is 20.8. The molecule has 8 nitrogen and oxygen atoms in total. The first-order valence-electron chi connectivity index (χ1n) is 28.9. The van der Waals surface area contributed by atoms with Crippen molar-refractivity contribution in [2.45, 2.75) is 53.4 Å². The molecule has 16 rings (SSSR count). The molecule has 408 valence electrons. The Bertz CT molecular complexity index is 4310. The Labute approximate surface area is 486 Å².